The summed E-state index contributed by atoms with van der Waals surface area (Å²) in [5.41, 5.74) is 1.39. The quantitative estimate of drug-likeness (QED) is 0.315. The van der Waals surface area contributed by atoms with E-state index in [1.54, 1.807) is 36.8 Å². The number of nitrogens with one attached hydrogen (secondary N) is 1. The Morgan fingerprint density at radius 1 is 1.28 bits per heavy atom. The number of aromatic nitrogens is 1. The molecule has 0 aliphatic heterocycles. The van der Waals surface area contributed by atoms with E-state index in [2.05, 4.69) is 18.5 Å². The van der Waals surface area contributed by atoms with E-state index in [0.717, 1.165) is 23.3 Å². The van der Waals surface area contributed by atoms with E-state index in [9.17, 15) is 18.0 Å². The molecule has 0 aliphatic carbocycles. The lowest BCUT2D eigenvalue weighted by Crippen LogP contribution is -2.36. The lowest BCUT2D eigenvalue weighted by atomic mass is 10.0. The fourth-order valence-electron chi connectivity index (χ4n) is 2.96. The van der Waals surface area contributed by atoms with Crippen LogP contribution in [0.3, 0.4) is 0 Å². The molecule has 1 atom stereocenters. The second kappa shape index (κ2) is 11.1. The number of rotatable bonds is 10. The molecule has 32 heavy (non-hydrogen) atoms. The average Bonchev–Trinajstić information content (AvgIpc) is 3.17. The molecule has 2 rings (SSSR count). The van der Waals surface area contributed by atoms with Gasteiger partial charge in [0, 0.05) is 12.4 Å². The van der Waals surface area contributed by atoms with Crippen LogP contribution in [0.1, 0.15) is 25.0 Å². The van der Waals surface area contributed by atoms with Gasteiger partial charge < -0.3 is 14.6 Å². The number of halogens is 4. The third-order valence-electron chi connectivity index (χ3n) is 4.70. The molecule has 8 heteroatoms. The molecule has 0 amide bonds. The van der Waals surface area contributed by atoms with Crippen LogP contribution < -0.4 is 5.32 Å². The van der Waals surface area contributed by atoms with Crippen molar-refractivity contribution in [1.29, 1.82) is 0 Å². The summed E-state index contributed by atoms with van der Waals surface area (Å²) in [6, 6.07) is 4.07. The van der Waals surface area contributed by atoms with Gasteiger partial charge in [-0.3, -0.25) is 0 Å². The predicted molar refractivity (Wildman–Crippen MR) is 121 cm³/mol. The third kappa shape index (κ3) is 7.05. The molecule has 0 bridgehead atoms. The molecule has 1 unspecified atom stereocenters. The molecular weight excluding hydrogens is 441 g/mol. The number of carbonyl (C=O) groups is 1. The number of alkyl halides is 3. The van der Waals surface area contributed by atoms with Crippen LogP contribution in [0.15, 0.2) is 73.6 Å². The van der Waals surface area contributed by atoms with Crippen molar-refractivity contribution < 1.29 is 22.7 Å². The Morgan fingerprint density at radius 2 is 2.00 bits per heavy atom. The van der Waals surface area contributed by atoms with Crippen molar-refractivity contribution in [2.24, 2.45) is 5.92 Å². The van der Waals surface area contributed by atoms with Crippen LogP contribution in [-0.4, -0.2) is 16.6 Å². The maximum Gasteiger partial charge on any atom is 0.416 e. The number of anilines is 1. The van der Waals surface area contributed by atoms with E-state index in [1.165, 1.54) is 6.07 Å². The monoisotopic (exact) mass is 466 g/mol. The molecule has 0 fully saturated rings. The number of benzene rings is 1. The predicted octanol–water partition coefficient (Wildman–Crippen LogP) is 6.64. The van der Waals surface area contributed by atoms with Crippen molar-refractivity contribution in [1.82, 2.24) is 4.57 Å². The SMILES string of the molecule is C=C/C=C(\C=C)Cc1ccn(COC(=O)C(Nc2ccc(C(F)(F)F)cc2Cl)C(C)C)c1. The van der Waals surface area contributed by atoms with Crippen molar-refractivity contribution in [3.8, 4) is 0 Å². The standard InChI is InChI=1S/C24H26ClF3N2O2/c1-5-7-17(6-2)12-18-10-11-30(14-18)15-32-23(31)22(16(3)4)29-21-9-8-19(13-20(21)25)24(26,27)28/h5-11,13-14,16,22,29H,1-2,12,15H2,3-4H3/b17-7+. The Morgan fingerprint density at radius 3 is 2.56 bits per heavy atom. The largest absolute Gasteiger partial charge is 0.442 e. The second-order valence-electron chi connectivity index (χ2n) is 7.54. The van der Waals surface area contributed by atoms with Gasteiger partial charge in [-0.15, -0.1) is 0 Å². The summed E-state index contributed by atoms with van der Waals surface area (Å²) >= 11 is 6.00. The molecule has 1 aromatic heterocycles. The molecule has 0 radical (unpaired) electrons. The van der Waals surface area contributed by atoms with Crippen LogP contribution in [0.25, 0.3) is 0 Å². The summed E-state index contributed by atoms with van der Waals surface area (Å²) in [5, 5.41) is 2.78. The normalized spacial score (nSPS) is 13.0. The summed E-state index contributed by atoms with van der Waals surface area (Å²) in [6.45, 7) is 11.0. The molecule has 172 valence electrons. The van der Waals surface area contributed by atoms with Gasteiger partial charge in [0.15, 0.2) is 6.73 Å². The minimum absolute atomic E-state index is 0.000920. The minimum atomic E-state index is -4.50. The van der Waals surface area contributed by atoms with E-state index in [1.807, 2.05) is 18.3 Å². The first kappa shape index (κ1) is 25.3. The Bertz CT molecular complexity index is 993. The average molecular weight is 467 g/mol. The number of ether oxygens (including phenoxy) is 1. The van der Waals surface area contributed by atoms with E-state index < -0.39 is 23.8 Å². The van der Waals surface area contributed by atoms with Crippen molar-refractivity contribution >= 4 is 23.3 Å². The summed E-state index contributed by atoms with van der Waals surface area (Å²) in [4.78, 5) is 12.7. The van der Waals surface area contributed by atoms with Gasteiger partial charge >= 0.3 is 12.1 Å². The molecule has 1 aromatic carbocycles. The Hall–Kier alpha value is -2.93. The van der Waals surface area contributed by atoms with Gasteiger partial charge in [-0.2, -0.15) is 13.2 Å². The van der Waals surface area contributed by atoms with Gasteiger partial charge in [0.05, 0.1) is 16.3 Å². The van der Waals surface area contributed by atoms with Crippen molar-refractivity contribution in [3.63, 3.8) is 0 Å². The maximum absolute atomic E-state index is 12.8. The Balaban J connectivity index is 2.03. The first-order chi connectivity index (χ1) is 15.0. The summed E-state index contributed by atoms with van der Waals surface area (Å²) < 4.78 is 45.7. The van der Waals surface area contributed by atoms with Gasteiger partial charge in [0.25, 0.3) is 0 Å². The number of esters is 1. The minimum Gasteiger partial charge on any atom is -0.442 e. The molecule has 0 spiro atoms. The molecule has 1 heterocycles. The first-order valence-electron chi connectivity index (χ1n) is 9.93. The van der Waals surface area contributed by atoms with Gasteiger partial charge in [0.2, 0.25) is 0 Å². The zero-order valence-electron chi connectivity index (χ0n) is 18.0. The van der Waals surface area contributed by atoms with Crippen LogP contribution in [0.4, 0.5) is 18.9 Å². The van der Waals surface area contributed by atoms with E-state index in [4.69, 9.17) is 16.3 Å². The number of nitrogens with zero attached hydrogens (tertiary/aromatic N) is 1. The molecular formula is C24H26ClF3N2O2. The van der Waals surface area contributed by atoms with Crippen molar-refractivity contribution in [3.05, 3.63) is 89.8 Å². The lowest BCUT2D eigenvalue weighted by Gasteiger charge is -2.23. The summed E-state index contributed by atoms with van der Waals surface area (Å²) in [6.07, 6.45) is 5.14. The van der Waals surface area contributed by atoms with E-state index in [-0.39, 0.29) is 23.4 Å². The van der Waals surface area contributed by atoms with E-state index in [0.29, 0.717) is 6.42 Å². The fourth-order valence-corrected chi connectivity index (χ4v) is 3.20. The van der Waals surface area contributed by atoms with Crippen molar-refractivity contribution in [2.45, 2.75) is 39.2 Å². The molecule has 0 saturated heterocycles. The van der Waals surface area contributed by atoms with Gasteiger partial charge in [-0.05, 0) is 47.7 Å². The van der Waals surface area contributed by atoms with Crippen molar-refractivity contribution in [2.75, 3.05) is 5.32 Å². The van der Waals surface area contributed by atoms with Gasteiger partial charge in [-0.25, -0.2) is 4.79 Å². The third-order valence-corrected chi connectivity index (χ3v) is 5.01. The van der Waals surface area contributed by atoms with E-state index >= 15 is 0 Å². The lowest BCUT2D eigenvalue weighted by molar-refractivity contribution is -0.149. The molecule has 2 aromatic rings. The zero-order valence-corrected chi connectivity index (χ0v) is 18.7. The van der Waals surface area contributed by atoms with Crippen LogP contribution in [-0.2, 0) is 28.9 Å². The summed E-state index contributed by atoms with van der Waals surface area (Å²) in [5.74, 6) is -0.732. The molecule has 4 nitrogen and oxygen atoms in total. The van der Waals surface area contributed by atoms with Crippen LogP contribution in [0, 0.1) is 5.92 Å². The Labute approximate surface area is 191 Å². The number of carbonyl (C=O) groups excluding carboxylic acids is 1. The fraction of sp³-hybridized carbons (Fsp3) is 0.292. The van der Waals surface area contributed by atoms with Crippen LogP contribution >= 0.6 is 11.6 Å². The van der Waals surface area contributed by atoms with Crippen LogP contribution in [0.2, 0.25) is 5.02 Å². The highest BCUT2D eigenvalue weighted by atomic mass is 35.5. The smallest absolute Gasteiger partial charge is 0.416 e. The summed E-state index contributed by atoms with van der Waals surface area (Å²) in [7, 11) is 0. The first-order valence-corrected chi connectivity index (χ1v) is 10.3. The number of allylic oxidation sites excluding steroid dienone is 4. The maximum atomic E-state index is 12.8. The Kier molecular flexibility index (Phi) is 8.78. The topological polar surface area (TPSA) is 43.3 Å². The highest BCUT2D eigenvalue weighted by Crippen LogP contribution is 2.34. The molecule has 1 N–H and O–H groups in total. The highest BCUT2D eigenvalue weighted by molar-refractivity contribution is 6.33. The van der Waals surface area contributed by atoms with Gasteiger partial charge in [-0.1, -0.05) is 56.8 Å². The molecule has 0 saturated carbocycles. The second-order valence-corrected chi connectivity index (χ2v) is 7.95. The zero-order chi connectivity index (χ0) is 23.9. The number of hydrogen-bond acceptors (Lipinski definition) is 3. The number of hydrogen-bond donors (Lipinski definition) is 1. The van der Waals surface area contributed by atoms with Crippen LogP contribution in [0.5, 0.6) is 0 Å². The highest BCUT2D eigenvalue weighted by Gasteiger charge is 2.31. The van der Waals surface area contributed by atoms with Gasteiger partial charge in [0.1, 0.15) is 6.04 Å². The molecule has 0 aliphatic rings.